The molecule has 0 aliphatic carbocycles. The number of aliphatic hydroxyl groups excluding tert-OH is 2. The maximum absolute atomic E-state index is 13.6. The Labute approximate surface area is 251 Å². The van der Waals surface area contributed by atoms with Crippen molar-refractivity contribution in [1.29, 1.82) is 0 Å². The van der Waals surface area contributed by atoms with Gasteiger partial charge in [0.25, 0.3) is 5.91 Å². The molecule has 0 spiro atoms. The van der Waals surface area contributed by atoms with Crippen LogP contribution in [0.1, 0.15) is 29.8 Å². The highest BCUT2D eigenvalue weighted by molar-refractivity contribution is 6.01. The van der Waals surface area contributed by atoms with E-state index >= 15 is 0 Å². The zero-order valence-corrected chi connectivity index (χ0v) is 24.5. The lowest BCUT2D eigenvalue weighted by Crippen LogP contribution is -2.63. The first kappa shape index (κ1) is 30.3. The Balaban J connectivity index is 1.39. The number of nitrogens with one attached hydrogen (secondary N) is 1. The van der Waals surface area contributed by atoms with E-state index in [0.29, 0.717) is 35.6 Å². The Morgan fingerprint density at radius 1 is 0.837 bits per heavy atom. The van der Waals surface area contributed by atoms with Gasteiger partial charge in [0.15, 0.2) is 0 Å². The molecule has 0 unspecified atom stereocenters. The first-order valence-corrected chi connectivity index (χ1v) is 14.3. The smallest absolute Gasteiger partial charge is 0.252 e. The Bertz CT molecular complexity index is 1490. The molecule has 1 aliphatic heterocycles. The molecular formula is C35H37NO7. The molecule has 4 aromatic rings. The molecule has 43 heavy (non-hydrogen) atoms. The molecule has 8 nitrogen and oxygen atoms in total. The summed E-state index contributed by atoms with van der Waals surface area (Å²) >= 11 is 0. The van der Waals surface area contributed by atoms with Crippen LogP contribution < -0.4 is 14.8 Å². The largest absolute Gasteiger partial charge is 0.462 e. The summed E-state index contributed by atoms with van der Waals surface area (Å²) in [4.78, 5) is 13.6. The molecule has 1 saturated heterocycles. The van der Waals surface area contributed by atoms with Crippen LogP contribution in [0.15, 0.2) is 103 Å². The molecule has 4 atom stereocenters. The molecular weight excluding hydrogens is 546 g/mol. The van der Waals surface area contributed by atoms with Gasteiger partial charge in [-0.15, -0.1) is 0 Å². The second kappa shape index (κ2) is 13.4. The van der Waals surface area contributed by atoms with Gasteiger partial charge in [0.05, 0.1) is 11.2 Å². The van der Waals surface area contributed by atoms with Gasteiger partial charge in [-0.25, -0.2) is 0 Å². The van der Waals surface area contributed by atoms with E-state index in [1.54, 1.807) is 32.0 Å². The molecule has 0 radical (unpaired) electrons. The van der Waals surface area contributed by atoms with Crippen LogP contribution in [-0.4, -0.2) is 60.0 Å². The Hall–Kier alpha value is -4.21. The SMILES string of the molecule is CO[C@@H]1[C@@H](O)[C@@H](O)[C@H](Oc2ccc(-c3ccc(Oc4ccccc4)cc3)c(C(=O)NCCc3ccccc3)c2)OC1(C)C. The molecule has 1 amide bonds. The number of hydrogen-bond acceptors (Lipinski definition) is 7. The van der Waals surface area contributed by atoms with E-state index in [9.17, 15) is 15.0 Å². The lowest BCUT2D eigenvalue weighted by Gasteiger charge is -2.46. The molecule has 3 N–H and O–H groups in total. The van der Waals surface area contributed by atoms with Crippen molar-refractivity contribution in [3.63, 3.8) is 0 Å². The normalized spacial score (nSPS) is 21.1. The van der Waals surface area contributed by atoms with Crippen LogP contribution >= 0.6 is 0 Å². The van der Waals surface area contributed by atoms with Gasteiger partial charge < -0.3 is 34.5 Å². The second-order valence-corrected chi connectivity index (χ2v) is 11.0. The van der Waals surface area contributed by atoms with Crippen LogP contribution in [0.2, 0.25) is 0 Å². The topological polar surface area (TPSA) is 106 Å². The van der Waals surface area contributed by atoms with Gasteiger partial charge in [-0.3, -0.25) is 4.79 Å². The van der Waals surface area contributed by atoms with Gasteiger partial charge in [0, 0.05) is 13.7 Å². The number of amides is 1. The van der Waals surface area contributed by atoms with E-state index in [4.69, 9.17) is 18.9 Å². The minimum absolute atomic E-state index is 0.272. The summed E-state index contributed by atoms with van der Waals surface area (Å²) in [6.07, 6.45) is -3.83. The predicted molar refractivity (Wildman–Crippen MR) is 163 cm³/mol. The van der Waals surface area contributed by atoms with Gasteiger partial charge in [-0.2, -0.15) is 0 Å². The number of rotatable bonds is 10. The van der Waals surface area contributed by atoms with Crippen molar-refractivity contribution in [2.75, 3.05) is 13.7 Å². The van der Waals surface area contributed by atoms with Crippen LogP contribution in [0.25, 0.3) is 11.1 Å². The summed E-state index contributed by atoms with van der Waals surface area (Å²) in [5.74, 6) is 1.44. The van der Waals surface area contributed by atoms with Crippen molar-refractivity contribution >= 4 is 5.91 Å². The fourth-order valence-corrected chi connectivity index (χ4v) is 5.26. The molecule has 0 bridgehead atoms. The molecule has 0 aromatic heterocycles. The number of benzene rings is 4. The summed E-state index contributed by atoms with van der Waals surface area (Å²) in [6, 6.07) is 32.1. The lowest BCUT2D eigenvalue weighted by atomic mass is 9.89. The van der Waals surface area contributed by atoms with Crippen LogP contribution in [0.5, 0.6) is 17.2 Å². The van der Waals surface area contributed by atoms with Crippen LogP contribution in [0.4, 0.5) is 0 Å². The van der Waals surface area contributed by atoms with E-state index in [1.165, 1.54) is 7.11 Å². The summed E-state index contributed by atoms with van der Waals surface area (Å²) in [6.45, 7) is 3.96. The number of para-hydroxylation sites is 1. The third kappa shape index (κ3) is 7.24. The summed E-state index contributed by atoms with van der Waals surface area (Å²) in [5, 5.41) is 24.4. The third-order valence-electron chi connectivity index (χ3n) is 7.47. The van der Waals surface area contributed by atoms with Crippen LogP contribution in [0.3, 0.4) is 0 Å². The van der Waals surface area contributed by atoms with Gasteiger partial charge in [0.1, 0.15) is 35.6 Å². The van der Waals surface area contributed by atoms with Gasteiger partial charge >= 0.3 is 0 Å². The van der Waals surface area contributed by atoms with Gasteiger partial charge in [-0.05, 0) is 79.4 Å². The second-order valence-electron chi connectivity index (χ2n) is 11.0. The maximum atomic E-state index is 13.6. The zero-order valence-electron chi connectivity index (χ0n) is 24.5. The molecule has 8 heteroatoms. The van der Waals surface area contributed by atoms with E-state index in [1.807, 2.05) is 84.9 Å². The third-order valence-corrected chi connectivity index (χ3v) is 7.47. The highest BCUT2D eigenvalue weighted by atomic mass is 16.7. The van der Waals surface area contributed by atoms with E-state index in [0.717, 1.165) is 16.9 Å². The lowest BCUT2D eigenvalue weighted by molar-refractivity contribution is -0.305. The monoisotopic (exact) mass is 583 g/mol. The van der Waals surface area contributed by atoms with E-state index < -0.39 is 30.2 Å². The summed E-state index contributed by atoms with van der Waals surface area (Å²) < 4.78 is 23.3. The minimum Gasteiger partial charge on any atom is -0.462 e. The van der Waals surface area contributed by atoms with E-state index in [2.05, 4.69) is 5.32 Å². The van der Waals surface area contributed by atoms with Crippen molar-refractivity contribution in [3.8, 4) is 28.4 Å². The van der Waals surface area contributed by atoms with Crippen molar-refractivity contribution in [2.45, 2.75) is 50.5 Å². The molecule has 5 rings (SSSR count). The quantitative estimate of drug-likeness (QED) is 0.231. The molecule has 1 aliphatic rings. The molecule has 224 valence electrons. The zero-order chi connectivity index (χ0) is 30.4. The average Bonchev–Trinajstić information content (AvgIpc) is 3.01. The van der Waals surface area contributed by atoms with E-state index in [-0.39, 0.29) is 5.91 Å². The Morgan fingerprint density at radius 2 is 1.47 bits per heavy atom. The van der Waals surface area contributed by atoms with Crippen molar-refractivity contribution in [2.24, 2.45) is 0 Å². The summed E-state index contributed by atoms with van der Waals surface area (Å²) in [5.41, 5.74) is 2.09. The van der Waals surface area contributed by atoms with Crippen LogP contribution in [-0.2, 0) is 15.9 Å². The van der Waals surface area contributed by atoms with Crippen molar-refractivity contribution in [1.82, 2.24) is 5.32 Å². The fraction of sp³-hybridized carbons (Fsp3) is 0.286. The number of carbonyl (C=O) groups is 1. The highest BCUT2D eigenvalue weighted by Gasteiger charge is 2.50. The molecule has 1 fully saturated rings. The van der Waals surface area contributed by atoms with Gasteiger partial charge in [0.2, 0.25) is 6.29 Å². The molecule has 0 saturated carbocycles. The molecule has 4 aromatic carbocycles. The minimum atomic E-state index is -1.36. The maximum Gasteiger partial charge on any atom is 0.252 e. The highest BCUT2D eigenvalue weighted by Crippen LogP contribution is 2.35. The number of ether oxygens (including phenoxy) is 4. The van der Waals surface area contributed by atoms with Crippen molar-refractivity contribution in [3.05, 3.63) is 114 Å². The number of methoxy groups -OCH3 is 1. The number of hydrogen-bond donors (Lipinski definition) is 3. The standard InChI is InChI=1S/C35H37NO7/c1-35(2)32(40-3)30(37)31(38)34(43-35)42-27-18-19-28(24-14-16-26(17-15-24)41-25-12-8-5-9-13-25)29(22-27)33(39)36-21-20-23-10-6-4-7-11-23/h4-19,22,30-32,34,37-38H,20-21H2,1-3H3,(H,36,39)/t30-,31+,32+,34+/m0/s1. The van der Waals surface area contributed by atoms with Crippen LogP contribution in [0, 0.1) is 0 Å². The average molecular weight is 584 g/mol. The Kier molecular flexibility index (Phi) is 9.43. The van der Waals surface area contributed by atoms with Gasteiger partial charge in [-0.1, -0.05) is 60.7 Å². The number of aliphatic hydroxyl groups is 2. The van der Waals surface area contributed by atoms with Crippen molar-refractivity contribution < 1.29 is 34.0 Å². The predicted octanol–water partition coefficient (Wildman–Crippen LogP) is 5.37. The molecule has 1 heterocycles. The Morgan fingerprint density at radius 3 is 2.14 bits per heavy atom. The first-order valence-electron chi connectivity index (χ1n) is 14.3. The summed E-state index contributed by atoms with van der Waals surface area (Å²) in [7, 11) is 1.45. The first-order chi connectivity index (χ1) is 20.7. The number of carbonyl (C=O) groups excluding carboxylic acids is 1. The fourth-order valence-electron chi connectivity index (χ4n) is 5.26.